The van der Waals surface area contributed by atoms with Crippen molar-refractivity contribution < 1.29 is 14.5 Å². The van der Waals surface area contributed by atoms with E-state index in [2.05, 4.69) is 0 Å². The maximum atomic E-state index is 11.8. The molecule has 0 aliphatic carbocycles. The molecule has 0 heterocycles. The molecule has 0 aliphatic rings. The van der Waals surface area contributed by atoms with Crippen molar-refractivity contribution in [3.05, 3.63) is 34.4 Å². The highest BCUT2D eigenvalue weighted by Gasteiger charge is 2.29. The van der Waals surface area contributed by atoms with Crippen molar-refractivity contribution in [3.63, 3.8) is 0 Å². The summed E-state index contributed by atoms with van der Waals surface area (Å²) in [6.07, 6.45) is 0. The zero-order valence-corrected chi connectivity index (χ0v) is 11.1. The molecule has 1 rings (SSSR count). The standard InChI is InChI=1S/C12H14ClNO4/c1-12(2,3)10(15)11(13)18-9-6-4-8(5-7-9)14(16)17/h4-7,11H,1-3H3. The van der Waals surface area contributed by atoms with Gasteiger partial charge in [0.25, 0.3) is 5.69 Å². The van der Waals surface area contributed by atoms with Gasteiger partial charge in [0.2, 0.25) is 5.56 Å². The topological polar surface area (TPSA) is 69.4 Å². The summed E-state index contributed by atoms with van der Waals surface area (Å²) in [6, 6.07) is 5.40. The summed E-state index contributed by atoms with van der Waals surface area (Å²) in [5.41, 5.74) is -1.75. The molecule has 0 aliphatic heterocycles. The van der Waals surface area contributed by atoms with Gasteiger partial charge in [-0.15, -0.1) is 0 Å². The van der Waals surface area contributed by atoms with Crippen molar-refractivity contribution >= 4 is 23.1 Å². The summed E-state index contributed by atoms with van der Waals surface area (Å²) < 4.78 is 5.23. The van der Waals surface area contributed by atoms with E-state index in [9.17, 15) is 14.9 Å². The highest BCUT2D eigenvalue weighted by molar-refractivity contribution is 6.30. The summed E-state index contributed by atoms with van der Waals surface area (Å²) in [5.74, 6) is 0.0701. The molecule has 98 valence electrons. The minimum atomic E-state index is -1.11. The first kappa shape index (κ1) is 14.4. The van der Waals surface area contributed by atoms with Crippen LogP contribution in [-0.4, -0.2) is 16.3 Å². The third-order valence-electron chi connectivity index (χ3n) is 2.23. The lowest BCUT2D eigenvalue weighted by molar-refractivity contribution is -0.384. The van der Waals surface area contributed by atoms with E-state index in [1.807, 2.05) is 0 Å². The van der Waals surface area contributed by atoms with Gasteiger partial charge in [0.15, 0.2) is 5.78 Å². The Kier molecular flexibility index (Phi) is 4.29. The molecule has 0 bridgehead atoms. The second kappa shape index (κ2) is 5.35. The molecule has 6 heteroatoms. The largest absolute Gasteiger partial charge is 0.467 e. The molecule has 0 saturated carbocycles. The van der Waals surface area contributed by atoms with Gasteiger partial charge < -0.3 is 4.74 Å². The Bertz CT molecular complexity index is 450. The quantitative estimate of drug-likeness (QED) is 0.479. The van der Waals surface area contributed by atoms with Gasteiger partial charge in [-0.2, -0.15) is 0 Å². The minimum absolute atomic E-state index is 0.0457. The summed E-state index contributed by atoms with van der Waals surface area (Å²) in [4.78, 5) is 21.7. The number of nitrogens with zero attached hydrogens (tertiary/aromatic N) is 1. The zero-order chi connectivity index (χ0) is 13.9. The first-order chi connectivity index (χ1) is 8.21. The molecule has 0 amide bonds. The van der Waals surface area contributed by atoms with Crippen LogP contribution in [0, 0.1) is 15.5 Å². The first-order valence-corrected chi connectivity index (χ1v) is 5.75. The fourth-order valence-electron chi connectivity index (χ4n) is 1.16. The van der Waals surface area contributed by atoms with Gasteiger partial charge in [0.1, 0.15) is 5.75 Å². The van der Waals surface area contributed by atoms with Crippen molar-refractivity contribution in [2.24, 2.45) is 5.41 Å². The SMILES string of the molecule is CC(C)(C)C(=O)C(Cl)Oc1ccc([N+](=O)[O-])cc1. The van der Waals surface area contributed by atoms with Gasteiger partial charge in [0.05, 0.1) is 4.92 Å². The third-order valence-corrected chi connectivity index (χ3v) is 2.52. The van der Waals surface area contributed by atoms with E-state index in [1.165, 1.54) is 24.3 Å². The first-order valence-electron chi connectivity index (χ1n) is 5.31. The van der Waals surface area contributed by atoms with Gasteiger partial charge in [-0.1, -0.05) is 32.4 Å². The molecule has 0 fully saturated rings. The van der Waals surface area contributed by atoms with Crippen molar-refractivity contribution in [2.75, 3.05) is 0 Å². The van der Waals surface area contributed by atoms with Crippen LogP contribution in [0.3, 0.4) is 0 Å². The fraction of sp³-hybridized carbons (Fsp3) is 0.417. The molecule has 0 spiro atoms. The van der Waals surface area contributed by atoms with Crippen molar-refractivity contribution in [2.45, 2.75) is 26.3 Å². The number of alkyl halides is 1. The fourth-order valence-corrected chi connectivity index (χ4v) is 1.59. The van der Waals surface area contributed by atoms with Crippen LogP contribution in [0.25, 0.3) is 0 Å². The minimum Gasteiger partial charge on any atom is -0.467 e. The van der Waals surface area contributed by atoms with Crippen LogP contribution in [0.2, 0.25) is 0 Å². The van der Waals surface area contributed by atoms with Crippen LogP contribution < -0.4 is 4.74 Å². The Morgan fingerprint density at radius 3 is 2.22 bits per heavy atom. The maximum Gasteiger partial charge on any atom is 0.269 e. The van der Waals surface area contributed by atoms with Crippen LogP contribution in [0.4, 0.5) is 5.69 Å². The summed E-state index contributed by atoms with van der Waals surface area (Å²) in [5, 5.41) is 10.5. The zero-order valence-electron chi connectivity index (χ0n) is 10.3. The third kappa shape index (κ3) is 3.70. The highest BCUT2D eigenvalue weighted by Crippen LogP contribution is 2.24. The van der Waals surface area contributed by atoms with Crippen LogP contribution in [0.1, 0.15) is 20.8 Å². The van der Waals surface area contributed by atoms with E-state index >= 15 is 0 Å². The normalized spacial score (nSPS) is 12.9. The molecular weight excluding hydrogens is 258 g/mol. The molecule has 0 radical (unpaired) electrons. The van der Waals surface area contributed by atoms with Gasteiger partial charge in [0, 0.05) is 17.5 Å². The molecule has 1 unspecified atom stereocenters. The van der Waals surface area contributed by atoms with E-state index in [0.29, 0.717) is 5.75 Å². The second-order valence-electron chi connectivity index (χ2n) is 4.80. The Morgan fingerprint density at radius 1 is 1.33 bits per heavy atom. The van der Waals surface area contributed by atoms with E-state index in [1.54, 1.807) is 20.8 Å². The molecule has 18 heavy (non-hydrogen) atoms. The number of rotatable bonds is 4. The summed E-state index contributed by atoms with van der Waals surface area (Å²) in [7, 11) is 0. The van der Waals surface area contributed by atoms with Crippen molar-refractivity contribution in [3.8, 4) is 5.75 Å². The Hall–Kier alpha value is -1.62. The van der Waals surface area contributed by atoms with E-state index in [4.69, 9.17) is 16.3 Å². The number of ketones is 1. The average molecular weight is 272 g/mol. The van der Waals surface area contributed by atoms with Crippen LogP contribution in [-0.2, 0) is 4.79 Å². The number of carbonyl (C=O) groups is 1. The van der Waals surface area contributed by atoms with Gasteiger partial charge >= 0.3 is 0 Å². The number of carbonyl (C=O) groups excluding carboxylic acids is 1. The number of Topliss-reactive ketones (excluding diaryl/α,β-unsaturated/α-hetero) is 1. The summed E-state index contributed by atoms with van der Waals surface area (Å²) >= 11 is 5.85. The van der Waals surface area contributed by atoms with E-state index in [0.717, 1.165) is 0 Å². The lowest BCUT2D eigenvalue weighted by Gasteiger charge is -2.20. The maximum absolute atomic E-state index is 11.8. The highest BCUT2D eigenvalue weighted by atomic mass is 35.5. The predicted octanol–water partition coefficient (Wildman–Crippen LogP) is 3.15. The smallest absolute Gasteiger partial charge is 0.269 e. The second-order valence-corrected chi connectivity index (χ2v) is 5.20. The number of nitro groups is 1. The predicted molar refractivity (Wildman–Crippen MR) is 67.8 cm³/mol. The Balaban J connectivity index is 2.74. The molecule has 0 aromatic heterocycles. The molecule has 0 N–H and O–H groups in total. The lowest BCUT2D eigenvalue weighted by atomic mass is 9.91. The number of ether oxygens (including phenoxy) is 1. The van der Waals surface area contributed by atoms with Gasteiger partial charge in [-0.3, -0.25) is 14.9 Å². The molecule has 5 nitrogen and oxygen atoms in total. The molecule has 1 aromatic carbocycles. The monoisotopic (exact) mass is 271 g/mol. The van der Waals surface area contributed by atoms with Crippen LogP contribution in [0.5, 0.6) is 5.75 Å². The van der Waals surface area contributed by atoms with Crippen molar-refractivity contribution in [1.82, 2.24) is 0 Å². The number of halogens is 1. The van der Waals surface area contributed by atoms with Crippen molar-refractivity contribution in [1.29, 1.82) is 0 Å². The summed E-state index contributed by atoms with van der Waals surface area (Å²) in [6.45, 7) is 5.22. The number of non-ortho nitro benzene ring substituents is 1. The van der Waals surface area contributed by atoms with Gasteiger partial charge in [-0.05, 0) is 12.1 Å². The number of nitro benzene ring substituents is 1. The average Bonchev–Trinajstić information content (AvgIpc) is 2.27. The van der Waals surface area contributed by atoms with Gasteiger partial charge in [-0.25, -0.2) is 0 Å². The number of hydrogen-bond donors (Lipinski definition) is 0. The Labute approximate surface area is 110 Å². The van der Waals surface area contributed by atoms with Crippen LogP contribution >= 0.6 is 11.6 Å². The molecular formula is C12H14ClNO4. The molecule has 1 atom stereocenters. The number of benzene rings is 1. The number of hydrogen-bond acceptors (Lipinski definition) is 4. The van der Waals surface area contributed by atoms with E-state index in [-0.39, 0.29) is 11.5 Å². The lowest BCUT2D eigenvalue weighted by Crippen LogP contribution is -2.32. The van der Waals surface area contributed by atoms with E-state index < -0.39 is 15.9 Å². The molecule has 0 saturated heterocycles. The Morgan fingerprint density at radius 2 is 1.83 bits per heavy atom. The molecule has 1 aromatic rings. The van der Waals surface area contributed by atoms with Crippen LogP contribution in [0.15, 0.2) is 24.3 Å².